The van der Waals surface area contributed by atoms with Crippen LogP contribution in [0.25, 0.3) is 0 Å². The van der Waals surface area contributed by atoms with E-state index in [2.05, 4.69) is 4.52 Å². The van der Waals surface area contributed by atoms with Gasteiger partial charge in [-0.25, -0.2) is 9.59 Å². The number of aliphatic hydroxyl groups is 1. The molecule has 1 fully saturated rings. The van der Waals surface area contributed by atoms with Crippen LogP contribution in [-0.2, 0) is 19.7 Å². The van der Waals surface area contributed by atoms with E-state index in [1.807, 2.05) is 9.47 Å². The summed E-state index contributed by atoms with van der Waals surface area (Å²) in [4.78, 5) is 25.1. The summed E-state index contributed by atoms with van der Waals surface area (Å²) in [7, 11) is 1.84. The van der Waals surface area contributed by atoms with Crippen LogP contribution in [0.4, 0.5) is 4.79 Å². The predicted octanol–water partition coefficient (Wildman–Crippen LogP) is 1.42. The Morgan fingerprint density at radius 1 is 1.57 bits per heavy atom. The summed E-state index contributed by atoms with van der Waals surface area (Å²) < 4.78 is 14.9. The molecule has 1 aliphatic rings. The van der Waals surface area contributed by atoms with Gasteiger partial charge in [-0.2, -0.15) is 0 Å². The van der Waals surface area contributed by atoms with Gasteiger partial charge < -0.3 is 18.8 Å². The zero-order valence-corrected chi connectivity index (χ0v) is 13.0. The largest absolute Gasteiger partial charge is 0.466 e. The monoisotopic (exact) mass is 315 g/mol. The average molecular weight is 315 g/mol. The van der Waals surface area contributed by atoms with E-state index in [1.54, 1.807) is 26.0 Å². The van der Waals surface area contributed by atoms with Crippen LogP contribution in [0.2, 0.25) is 0 Å². The summed E-state index contributed by atoms with van der Waals surface area (Å²) in [5, 5.41) is 10.7. The van der Waals surface area contributed by atoms with Crippen molar-refractivity contribution in [3.05, 3.63) is 24.2 Å². The van der Waals surface area contributed by atoms with Crippen LogP contribution in [0.5, 0.6) is 0 Å². The first-order valence-electron chi connectivity index (χ1n) is 6.51. The lowest BCUT2D eigenvalue weighted by Gasteiger charge is -2.23. The van der Waals surface area contributed by atoms with Gasteiger partial charge in [0, 0.05) is 6.42 Å². The normalized spacial score (nSPS) is 25.2. The van der Waals surface area contributed by atoms with Gasteiger partial charge in [-0.15, -0.1) is 0 Å². The van der Waals surface area contributed by atoms with E-state index in [9.17, 15) is 14.7 Å². The Kier molecular flexibility index (Phi) is 4.54. The summed E-state index contributed by atoms with van der Waals surface area (Å²) in [6, 6.07) is 2.30. The highest BCUT2D eigenvalue weighted by Gasteiger charge is 2.51. The second-order valence-corrected chi connectivity index (χ2v) is 5.46. The van der Waals surface area contributed by atoms with Gasteiger partial charge in [-0.3, -0.25) is 4.90 Å². The topological polar surface area (TPSA) is 89.2 Å². The van der Waals surface area contributed by atoms with E-state index < -0.39 is 23.7 Å². The van der Waals surface area contributed by atoms with Crippen LogP contribution < -0.4 is 0 Å². The van der Waals surface area contributed by atoms with Crippen molar-refractivity contribution in [3.8, 4) is 0 Å². The first kappa shape index (κ1) is 15.8. The fourth-order valence-corrected chi connectivity index (χ4v) is 2.52. The fraction of sp³-hybridized carbons (Fsp3) is 0.538. The van der Waals surface area contributed by atoms with Gasteiger partial charge in [0.15, 0.2) is 0 Å². The number of rotatable bonds is 3. The molecule has 1 aromatic heterocycles. The van der Waals surface area contributed by atoms with Gasteiger partial charge in [-0.1, -0.05) is 0 Å². The molecule has 0 bridgehead atoms. The van der Waals surface area contributed by atoms with Gasteiger partial charge >= 0.3 is 12.1 Å². The molecule has 1 aliphatic heterocycles. The Bertz CT molecular complexity index is 517. The first-order chi connectivity index (χ1) is 9.87. The smallest absolute Gasteiger partial charge is 0.410 e. The molecule has 2 rings (SSSR count). The lowest BCUT2D eigenvalue weighted by atomic mass is 9.97. The maximum Gasteiger partial charge on any atom is 0.410 e. The molecular formula is C13H18NO6P. The van der Waals surface area contributed by atoms with Crippen molar-refractivity contribution in [2.45, 2.75) is 38.0 Å². The Morgan fingerprint density at radius 3 is 2.81 bits per heavy atom. The van der Waals surface area contributed by atoms with Crippen molar-refractivity contribution in [2.75, 3.05) is 6.54 Å². The summed E-state index contributed by atoms with van der Waals surface area (Å²) in [5.74, 6) is -0.341. The number of hydrogen-bond donors (Lipinski definition) is 1. The molecule has 0 aromatic carbocycles. The van der Waals surface area contributed by atoms with E-state index in [4.69, 9.17) is 9.15 Å². The van der Waals surface area contributed by atoms with Crippen LogP contribution in [-0.4, -0.2) is 40.8 Å². The molecule has 0 saturated carbocycles. The molecule has 1 amide bonds. The molecule has 3 atom stereocenters. The van der Waals surface area contributed by atoms with Crippen molar-refractivity contribution >= 4 is 21.5 Å². The van der Waals surface area contributed by atoms with Gasteiger partial charge in [0.25, 0.3) is 0 Å². The maximum absolute atomic E-state index is 12.1. The van der Waals surface area contributed by atoms with Gasteiger partial charge in [0.05, 0.1) is 28.4 Å². The zero-order chi connectivity index (χ0) is 15.6. The molecule has 8 heteroatoms. The lowest BCUT2D eigenvalue weighted by molar-refractivity contribution is -0.138. The highest BCUT2D eigenvalue weighted by Crippen LogP contribution is 2.37. The van der Waals surface area contributed by atoms with E-state index >= 15 is 0 Å². The average Bonchev–Trinajstić information content (AvgIpc) is 3.05. The number of likely N-dealkylation sites (tertiary alicyclic amines) is 1. The number of amides is 1. The number of hydrogen-bond acceptors (Lipinski definition) is 6. The molecule has 116 valence electrons. The molecule has 1 unspecified atom stereocenters. The van der Waals surface area contributed by atoms with E-state index in [0.29, 0.717) is 5.76 Å². The summed E-state index contributed by atoms with van der Waals surface area (Å²) in [6.07, 6.45) is 0.405. The lowest BCUT2D eigenvalue weighted by Crippen LogP contribution is -2.42. The molecule has 0 spiro atoms. The number of ether oxygens (including phenoxy) is 1. The van der Waals surface area contributed by atoms with Crippen molar-refractivity contribution < 1.29 is 28.4 Å². The van der Waals surface area contributed by atoms with Crippen molar-refractivity contribution in [2.24, 2.45) is 0 Å². The van der Waals surface area contributed by atoms with Crippen LogP contribution in [0.15, 0.2) is 22.8 Å². The Morgan fingerprint density at radius 2 is 2.29 bits per heavy atom. The van der Waals surface area contributed by atoms with Crippen LogP contribution in [0, 0.1) is 0 Å². The molecule has 0 radical (unpaired) electrons. The molecule has 0 aliphatic carbocycles. The molecule has 1 aromatic rings. The van der Waals surface area contributed by atoms with Crippen molar-refractivity contribution in [1.82, 2.24) is 4.90 Å². The van der Waals surface area contributed by atoms with Crippen LogP contribution in [0.3, 0.4) is 0 Å². The highest BCUT2D eigenvalue weighted by molar-refractivity contribution is 7.10. The van der Waals surface area contributed by atoms with Gasteiger partial charge in [0.1, 0.15) is 17.4 Å². The predicted molar refractivity (Wildman–Crippen MR) is 75.1 cm³/mol. The zero-order valence-electron chi connectivity index (χ0n) is 11.8. The van der Waals surface area contributed by atoms with Crippen molar-refractivity contribution in [3.63, 3.8) is 0 Å². The van der Waals surface area contributed by atoms with Gasteiger partial charge in [-0.05, 0) is 26.0 Å². The highest BCUT2D eigenvalue weighted by atomic mass is 31.0. The molecule has 1 N–H and O–H groups in total. The van der Waals surface area contributed by atoms with E-state index in [-0.39, 0.29) is 19.1 Å². The standard InChI is InChI=1S/C13H18NO6P/c1-8(2)19-12(16)14-7-13(17,10-4-3-5-18-10)6-9(14)11(15)20-21/h3-5,8-9,17H,6-7,21H2,1-2H3/t9-,13-/m0/s1. The second-order valence-electron chi connectivity index (χ2n) is 5.23. The number of carbonyl (C=O) groups excluding carboxylic acids is 2. The van der Waals surface area contributed by atoms with E-state index in [1.165, 1.54) is 6.26 Å². The Hall–Kier alpha value is -1.59. The number of furan rings is 1. The Labute approximate surface area is 124 Å². The van der Waals surface area contributed by atoms with Crippen LogP contribution in [0.1, 0.15) is 26.0 Å². The SMILES string of the molecule is CC(C)OC(=O)N1C[C@](O)(c2ccco2)C[C@H]1C(=O)OP. The quantitative estimate of drug-likeness (QED) is 0.849. The summed E-state index contributed by atoms with van der Waals surface area (Å²) in [5.41, 5.74) is -1.44. The third-order valence-corrected chi connectivity index (χ3v) is 3.51. The third kappa shape index (κ3) is 3.19. The third-order valence-electron chi connectivity index (χ3n) is 3.28. The van der Waals surface area contributed by atoms with E-state index in [0.717, 1.165) is 4.90 Å². The molecule has 21 heavy (non-hydrogen) atoms. The summed E-state index contributed by atoms with van der Waals surface area (Å²) in [6.45, 7) is 3.31. The second kappa shape index (κ2) is 6.03. The minimum atomic E-state index is -1.44. The van der Waals surface area contributed by atoms with Gasteiger partial charge in [0.2, 0.25) is 0 Å². The number of β-amino-alcohol motifs (C(OH)–C–C–N with tert-alkyl or cyclic N) is 1. The van der Waals surface area contributed by atoms with Crippen LogP contribution >= 0.6 is 9.47 Å². The molecule has 1 saturated heterocycles. The molecular weight excluding hydrogens is 297 g/mol. The first-order valence-corrected chi connectivity index (χ1v) is 6.98. The number of nitrogens with zero attached hydrogens (tertiary/aromatic N) is 1. The molecule has 7 nitrogen and oxygen atoms in total. The maximum atomic E-state index is 12.1. The Balaban J connectivity index is 2.25. The number of carbonyl (C=O) groups is 2. The minimum Gasteiger partial charge on any atom is -0.466 e. The molecule has 2 heterocycles. The summed E-state index contributed by atoms with van der Waals surface area (Å²) >= 11 is 0. The minimum absolute atomic E-state index is 0.0130. The van der Waals surface area contributed by atoms with Crippen molar-refractivity contribution in [1.29, 1.82) is 0 Å². The fourth-order valence-electron chi connectivity index (χ4n) is 2.36.